The van der Waals surface area contributed by atoms with Crippen LogP contribution >= 0.6 is 0 Å². The highest BCUT2D eigenvalue weighted by molar-refractivity contribution is 6.06. The van der Waals surface area contributed by atoms with Crippen LogP contribution in [0, 0.1) is 19.7 Å². The van der Waals surface area contributed by atoms with Gasteiger partial charge in [0.25, 0.3) is 11.8 Å². The maximum atomic E-state index is 13.3. The van der Waals surface area contributed by atoms with Gasteiger partial charge in [0.05, 0.1) is 11.1 Å². The number of nitrogens with one attached hydrogen (secondary N) is 2. The Balaban J connectivity index is 1.39. The fraction of sp³-hybridized carbons (Fsp3) is 0.333. The molecule has 7 heteroatoms. The summed E-state index contributed by atoms with van der Waals surface area (Å²) >= 11 is 0. The predicted octanol–water partition coefficient (Wildman–Crippen LogP) is 3.55. The SMILES string of the molecule is Cc1cc(C(=O)NC2CCN(C(=O)c3c[nH]c4cc(F)ccc34)CC2)c(C)o1. The third-order valence-electron chi connectivity index (χ3n) is 5.28. The third kappa shape index (κ3) is 3.40. The highest BCUT2D eigenvalue weighted by Crippen LogP contribution is 2.23. The number of furan rings is 1. The van der Waals surface area contributed by atoms with Gasteiger partial charge in [0.1, 0.15) is 17.3 Å². The van der Waals surface area contributed by atoms with E-state index >= 15 is 0 Å². The maximum absolute atomic E-state index is 13.3. The Morgan fingerprint density at radius 3 is 2.61 bits per heavy atom. The van der Waals surface area contributed by atoms with Crippen LogP contribution < -0.4 is 5.32 Å². The third-order valence-corrected chi connectivity index (χ3v) is 5.28. The quantitative estimate of drug-likeness (QED) is 0.726. The Hall–Kier alpha value is -3.09. The number of carbonyl (C=O) groups excluding carboxylic acids is 2. The normalized spacial score (nSPS) is 15.2. The molecule has 1 saturated heterocycles. The molecule has 0 atom stereocenters. The van der Waals surface area contributed by atoms with E-state index in [1.54, 1.807) is 30.2 Å². The summed E-state index contributed by atoms with van der Waals surface area (Å²) in [7, 11) is 0. The number of nitrogens with zero attached hydrogens (tertiary/aromatic N) is 1. The minimum Gasteiger partial charge on any atom is -0.466 e. The van der Waals surface area contributed by atoms with Crippen LogP contribution in [-0.4, -0.2) is 40.8 Å². The summed E-state index contributed by atoms with van der Waals surface area (Å²) in [5.41, 5.74) is 1.71. The molecule has 0 bridgehead atoms. The molecule has 1 aliphatic heterocycles. The van der Waals surface area contributed by atoms with Crippen molar-refractivity contribution < 1.29 is 18.4 Å². The van der Waals surface area contributed by atoms with Crippen molar-refractivity contribution in [2.45, 2.75) is 32.7 Å². The first-order valence-electron chi connectivity index (χ1n) is 9.36. The number of H-pyrrole nitrogens is 1. The molecule has 2 N–H and O–H groups in total. The molecule has 0 saturated carbocycles. The number of hydrogen-bond donors (Lipinski definition) is 2. The van der Waals surface area contributed by atoms with E-state index in [0.29, 0.717) is 59.5 Å². The topological polar surface area (TPSA) is 78.3 Å². The minimum absolute atomic E-state index is 0.0169. The number of rotatable bonds is 3. The van der Waals surface area contributed by atoms with Gasteiger partial charge in [-0.05, 0) is 51.0 Å². The van der Waals surface area contributed by atoms with Gasteiger partial charge in [-0.1, -0.05) is 0 Å². The molecule has 146 valence electrons. The highest BCUT2D eigenvalue weighted by Gasteiger charge is 2.27. The average Bonchev–Trinajstić information content (AvgIpc) is 3.23. The standard InChI is InChI=1S/C21H22FN3O3/c1-12-9-17(13(2)28-12)20(26)24-15-5-7-25(8-6-15)21(27)18-11-23-19-10-14(22)3-4-16(18)19/h3-4,9-11,15,23H,5-8H2,1-2H3,(H,24,26). The molecule has 0 unspecified atom stereocenters. The van der Waals surface area contributed by atoms with Gasteiger partial charge in [0, 0.05) is 36.2 Å². The monoisotopic (exact) mass is 383 g/mol. The summed E-state index contributed by atoms with van der Waals surface area (Å²) in [6.07, 6.45) is 3.00. The number of carbonyl (C=O) groups is 2. The number of benzene rings is 1. The molecule has 28 heavy (non-hydrogen) atoms. The van der Waals surface area contributed by atoms with Gasteiger partial charge in [-0.25, -0.2) is 4.39 Å². The largest absolute Gasteiger partial charge is 0.466 e. The fourth-order valence-corrected chi connectivity index (χ4v) is 3.79. The van der Waals surface area contributed by atoms with E-state index in [1.807, 2.05) is 6.92 Å². The number of halogens is 1. The van der Waals surface area contributed by atoms with Crippen LogP contribution in [-0.2, 0) is 0 Å². The average molecular weight is 383 g/mol. The number of amides is 2. The van der Waals surface area contributed by atoms with Crippen molar-refractivity contribution in [1.82, 2.24) is 15.2 Å². The smallest absolute Gasteiger partial charge is 0.256 e. The summed E-state index contributed by atoms with van der Waals surface area (Å²) in [4.78, 5) is 30.0. The van der Waals surface area contributed by atoms with Crippen LogP contribution in [0.2, 0.25) is 0 Å². The number of hydrogen-bond acceptors (Lipinski definition) is 3. The van der Waals surface area contributed by atoms with Crippen molar-refractivity contribution in [2.75, 3.05) is 13.1 Å². The summed E-state index contributed by atoms with van der Waals surface area (Å²) in [6, 6.07) is 6.12. The van der Waals surface area contributed by atoms with Crippen molar-refractivity contribution in [3.8, 4) is 0 Å². The van der Waals surface area contributed by atoms with Crippen molar-refractivity contribution in [2.24, 2.45) is 0 Å². The lowest BCUT2D eigenvalue weighted by atomic mass is 10.0. The Morgan fingerprint density at radius 2 is 1.93 bits per heavy atom. The summed E-state index contributed by atoms with van der Waals surface area (Å²) in [6.45, 7) is 4.70. The molecule has 0 aliphatic carbocycles. The molecule has 3 aromatic rings. The molecule has 3 heterocycles. The van der Waals surface area contributed by atoms with E-state index in [9.17, 15) is 14.0 Å². The zero-order valence-electron chi connectivity index (χ0n) is 15.8. The number of likely N-dealkylation sites (tertiary alicyclic amines) is 1. The van der Waals surface area contributed by atoms with E-state index in [-0.39, 0.29) is 23.7 Å². The molecule has 6 nitrogen and oxygen atoms in total. The fourth-order valence-electron chi connectivity index (χ4n) is 3.79. The highest BCUT2D eigenvalue weighted by atomic mass is 19.1. The lowest BCUT2D eigenvalue weighted by Gasteiger charge is -2.32. The summed E-state index contributed by atoms with van der Waals surface area (Å²) in [5, 5.41) is 3.75. The van der Waals surface area contributed by atoms with Crippen LogP contribution in [0.15, 0.2) is 34.9 Å². The number of aryl methyl sites for hydroxylation is 2. The number of aromatic nitrogens is 1. The molecule has 2 amide bonds. The molecule has 1 fully saturated rings. The maximum Gasteiger partial charge on any atom is 0.256 e. The van der Waals surface area contributed by atoms with Crippen LogP contribution in [0.5, 0.6) is 0 Å². The van der Waals surface area contributed by atoms with Gasteiger partial charge in [-0.15, -0.1) is 0 Å². The van der Waals surface area contributed by atoms with Gasteiger partial charge >= 0.3 is 0 Å². The Bertz CT molecular complexity index is 1040. The van der Waals surface area contributed by atoms with E-state index in [1.165, 1.54) is 12.1 Å². The lowest BCUT2D eigenvalue weighted by Crippen LogP contribution is -2.46. The Kier molecular flexibility index (Phi) is 4.66. The molecule has 1 aliphatic rings. The second-order valence-corrected chi connectivity index (χ2v) is 7.26. The van der Waals surface area contributed by atoms with Gasteiger partial charge in [0.15, 0.2) is 0 Å². The van der Waals surface area contributed by atoms with Crippen LogP contribution in [0.25, 0.3) is 10.9 Å². The first-order chi connectivity index (χ1) is 13.4. The van der Waals surface area contributed by atoms with Crippen molar-refractivity contribution in [3.63, 3.8) is 0 Å². The molecular weight excluding hydrogens is 361 g/mol. The molecule has 2 aromatic heterocycles. The van der Waals surface area contributed by atoms with Gasteiger partial charge in [0.2, 0.25) is 0 Å². The van der Waals surface area contributed by atoms with Gasteiger partial charge < -0.3 is 19.6 Å². The van der Waals surface area contributed by atoms with E-state index in [4.69, 9.17) is 4.42 Å². The molecular formula is C21H22FN3O3. The number of piperidine rings is 1. The Labute approximate surface area is 161 Å². The zero-order valence-corrected chi connectivity index (χ0v) is 15.8. The Morgan fingerprint density at radius 1 is 1.18 bits per heavy atom. The second-order valence-electron chi connectivity index (χ2n) is 7.26. The molecule has 1 aromatic carbocycles. The molecule has 0 radical (unpaired) electrons. The molecule has 0 spiro atoms. The van der Waals surface area contributed by atoms with Crippen molar-refractivity contribution >= 4 is 22.7 Å². The lowest BCUT2D eigenvalue weighted by molar-refractivity contribution is 0.0700. The first kappa shape index (κ1) is 18.3. The van der Waals surface area contributed by atoms with E-state index < -0.39 is 0 Å². The second kappa shape index (κ2) is 7.14. The first-order valence-corrected chi connectivity index (χ1v) is 9.36. The predicted molar refractivity (Wildman–Crippen MR) is 103 cm³/mol. The van der Waals surface area contributed by atoms with Crippen molar-refractivity contribution in [3.05, 3.63) is 58.9 Å². The summed E-state index contributed by atoms with van der Waals surface area (Å²) < 4.78 is 18.8. The van der Waals surface area contributed by atoms with E-state index in [0.717, 1.165) is 0 Å². The van der Waals surface area contributed by atoms with Gasteiger partial charge in [-0.2, -0.15) is 0 Å². The zero-order chi connectivity index (χ0) is 19.8. The van der Waals surface area contributed by atoms with Crippen LogP contribution in [0.4, 0.5) is 4.39 Å². The van der Waals surface area contributed by atoms with Crippen molar-refractivity contribution in [1.29, 1.82) is 0 Å². The van der Waals surface area contributed by atoms with E-state index in [2.05, 4.69) is 10.3 Å². The summed E-state index contributed by atoms with van der Waals surface area (Å²) in [5.74, 6) is 0.759. The number of fused-ring (bicyclic) bond motifs is 1. The van der Waals surface area contributed by atoms with Gasteiger partial charge in [-0.3, -0.25) is 9.59 Å². The molecule has 4 rings (SSSR count). The number of aromatic amines is 1. The van der Waals surface area contributed by atoms with Crippen LogP contribution in [0.1, 0.15) is 45.1 Å². The van der Waals surface area contributed by atoms with Crippen LogP contribution in [0.3, 0.4) is 0 Å². The minimum atomic E-state index is -0.340.